The summed E-state index contributed by atoms with van der Waals surface area (Å²) in [5.41, 5.74) is 2.97. The Morgan fingerprint density at radius 3 is 2.24 bits per heavy atom. The highest BCUT2D eigenvalue weighted by molar-refractivity contribution is 7.80. The summed E-state index contributed by atoms with van der Waals surface area (Å²) in [6, 6.07) is 27.3. The molecule has 29 heavy (non-hydrogen) atoms. The lowest BCUT2D eigenvalue weighted by atomic mass is 10.2. The van der Waals surface area contributed by atoms with Gasteiger partial charge in [-0.05, 0) is 53.7 Å². The van der Waals surface area contributed by atoms with Gasteiger partial charge in [0.05, 0.1) is 6.61 Å². The Kier molecular flexibility index (Phi) is 7.55. The molecule has 2 N–H and O–H groups in total. The second-order valence-electron chi connectivity index (χ2n) is 6.30. The Labute approximate surface area is 176 Å². The highest BCUT2D eigenvalue weighted by atomic mass is 32.1. The van der Waals surface area contributed by atoms with Gasteiger partial charge in [-0.2, -0.15) is 0 Å². The molecule has 1 amide bonds. The average molecular weight is 403 g/mol. The number of carbonyl (C=O) groups is 1. The zero-order chi connectivity index (χ0) is 20.3. The lowest BCUT2D eigenvalue weighted by Gasteiger charge is -2.10. The second-order valence-corrected chi connectivity index (χ2v) is 6.70. The van der Waals surface area contributed by atoms with E-state index in [0.717, 1.165) is 23.4 Å². The van der Waals surface area contributed by atoms with Crippen LogP contribution in [-0.2, 0) is 11.2 Å². The van der Waals surface area contributed by atoms with Gasteiger partial charge in [0.2, 0.25) is 5.91 Å². The Balaban J connectivity index is 1.42. The molecule has 0 radical (unpaired) electrons. The van der Waals surface area contributed by atoms with Gasteiger partial charge in [0.25, 0.3) is 0 Å². The molecule has 3 rings (SSSR count). The number of carbonyl (C=O) groups excluding carboxylic acids is 1. The van der Waals surface area contributed by atoms with Gasteiger partial charge >= 0.3 is 0 Å². The highest BCUT2D eigenvalue weighted by Crippen LogP contribution is 2.16. The van der Waals surface area contributed by atoms with Crippen LogP contribution >= 0.6 is 12.2 Å². The normalized spacial score (nSPS) is 10.5. The fourth-order valence-electron chi connectivity index (χ4n) is 2.62. The summed E-state index contributed by atoms with van der Waals surface area (Å²) in [7, 11) is 0. The lowest BCUT2D eigenvalue weighted by Crippen LogP contribution is -2.32. The maximum absolute atomic E-state index is 12.0. The van der Waals surface area contributed by atoms with Crippen molar-refractivity contribution < 1.29 is 9.53 Å². The summed E-state index contributed by atoms with van der Waals surface area (Å²) in [5.74, 6) is 0.499. The SMILES string of the molecule is O=C(/C=C/c1ccccc1)NC(=S)Nc1ccc(OCCc2ccccc2)cc1. The number of anilines is 1. The molecule has 0 aromatic heterocycles. The first-order chi connectivity index (χ1) is 14.2. The standard InChI is InChI=1S/C24H22N2O2S/c27-23(16-11-19-7-3-1-4-8-19)26-24(29)25-21-12-14-22(15-13-21)28-18-17-20-9-5-2-6-10-20/h1-16H,17-18H2,(H2,25,26,27,29)/b16-11+. The number of rotatable bonds is 7. The van der Waals surface area contributed by atoms with E-state index < -0.39 is 0 Å². The summed E-state index contributed by atoms with van der Waals surface area (Å²) >= 11 is 5.19. The first-order valence-electron chi connectivity index (χ1n) is 9.31. The summed E-state index contributed by atoms with van der Waals surface area (Å²) in [6.45, 7) is 0.610. The zero-order valence-corrected chi connectivity index (χ0v) is 16.7. The van der Waals surface area contributed by atoms with Gasteiger partial charge in [-0.3, -0.25) is 10.1 Å². The number of benzene rings is 3. The average Bonchev–Trinajstić information content (AvgIpc) is 2.75. The largest absolute Gasteiger partial charge is 0.493 e. The molecule has 0 fully saturated rings. The minimum atomic E-state index is -0.285. The number of hydrogen-bond donors (Lipinski definition) is 2. The Bertz CT molecular complexity index is 955. The molecule has 0 atom stereocenters. The van der Waals surface area contributed by atoms with E-state index in [-0.39, 0.29) is 11.0 Å². The molecule has 0 aliphatic carbocycles. The monoisotopic (exact) mass is 402 g/mol. The Morgan fingerprint density at radius 2 is 1.55 bits per heavy atom. The minimum Gasteiger partial charge on any atom is -0.493 e. The van der Waals surface area contributed by atoms with E-state index >= 15 is 0 Å². The molecule has 0 saturated carbocycles. The van der Waals surface area contributed by atoms with E-state index in [9.17, 15) is 4.79 Å². The third kappa shape index (κ3) is 7.24. The smallest absolute Gasteiger partial charge is 0.250 e. The van der Waals surface area contributed by atoms with Gasteiger partial charge < -0.3 is 10.1 Å². The Hall–Kier alpha value is -3.44. The number of ether oxygens (including phenoxy) is 1. The van der Waals surface area contributed by atoms with Crippen molar-refractivity contribution in [1.29, 1.82) is 0 Å². The molecule has 0 heterocycles. The quantitative estimate of drug-likeness (QED) is 0.439. The highest BCUT2D eigenvalue weighted by Gasteiger charge is 2.02. The van der Waals surface area contributed by atoms with Crippen LogP contribution in [0.3, 0.4) is 0 Å². The molecule has 146 valence electrons. The van der Waals surface area contributed by atoms with Crippen molar-refractivity contribution >= 4 is 35.0 Å². The number of nitrogens with one attached hydrogen (secondary N) is 2. The minimum absolute atomic E-state index is 0.241. The third-order valence-corrected chi connectivity index (χ3v) is 4.28. The number of amides is 1. The maximum atomic E-state index is 12.0. The molecule has 0 aliphatic heterocycles. The molecule has 0 aliphatic rings. The fraction of sp³-hybridized carbons (Fsp3) is 0.0833. The molecule has 0 bridgehead atoms. The van der Waals surface area contributed by atoms with Gasteiger partial charge in [0.15, 0.2) is 5.11 Å². The van der Waals surface area contributed by atoms with Crippen LogP contribution in [0.2, 0.25) is 0 Å². The van der Waals surface area contributed by atoms with E-state index in [1.54, 1.807) is 6.08 Å². The van der Waals surface area contributed by atoms with Gasteiger partial charge in [-0.1, -0.05) is 60.7 Å². The molecule has 3 aromatic rings. The van der Waals surface area contributed by atoms with Crippen molar-refractivity contribution in [3.05, 3.63) is 102 Å². The van der Waals surface area contributed by atoms with Gasteiger partial charge in [0, 0.05) is 18.2 Å². The molecular weight excluding hydrogens is 380 g/mol. The van der Waals surface area contributed by atoms with E-state index in [0.29, 0.717) is 6.61 Å². The van der Waals surface area contributed by atoms with Gasteiger partial charge in [-0.15, -0.1) is 0 Å². The predicted octanol–water partition coefficient (Wildman–Crippen LogP) is 4.83. The van der Waals surface area contributed by atoms with Crippen LogP contribution < -0.4 is 15.4 Å². The van der Waals surface area contributed by atoms with E-state index in [4.69, 9.17) is 17.0 Å². The molecule has 0 unspecified atom stereocenters. The van der Waals surface area contributed by atoms with Crippen molar-refractivity contribution in [1.82, 2.24) is 5.32 Å². The fourth-order valence-corrected chi connectivity index (χ4v) is 2.84. The summed E-state index contributed by atoms with van der Waals surface area (Å²) < 4.78 is 5.77. The van der Waals surface area contributed by atoms with Crippen molar-refractivity contribution in [2.24, 2.45) is 0 Å². The van der Waals surface area contributed by atoms with E-state index in [1.807, 2.05) is 72.8 Å². The molecule has 0 spiro atoms. The van der Waals surface area contributed by atoms with Crippen molar-refractivity contribution in [3.8, 4) is 5.75 Å². The van der Waals surface area contributed by atoms with E-state index in [2.05, 4.69) is 22.8 Å². The Morgan fingerprint density at radius 1 is 0.897 bits per heavy atom. The van der Waals surface area contributed by atoms with Crippen LogP contribution in [0.25, 0.3) is 6.08 Å². The van der Waals surface area contributed by atoms with Crippen LogP contribution in [0.4, 0.5) is 5.69 Å². The first-order valence-corrected chi connectivity index (χ1v) is 9.72. The van der Waals surface area contributed by atoms with Crippen molar-refractivity contribution in [2.75, 3.05) is 11.9 Å². The molecule has 3 aromatic carbocycles. The molecule has 0 saturated heterocycles. The lowest BCUT2D eigenvalue weighted by molar-refractivity contribution is -0.115. The van der Waals surface area contributed by atoms with Crippen LogP contribution in [0.5, 0.6) is 5.75 Å². The maximum Gasteiger partial charge on any atom is 0.250 e. The van der Waals surface area contributed by atoms with Crippen LogP contribution in [0.1, 0.15) is 11.1 Å². The predicted molar refractivity (Wildman–Crippen MR) is 122 cm³/mol. The number of hydrogen-bond acceptors (Lipinski definition) is 3. The summed E-state index contributed by atoms with van der Waals surface area (Å²) in [5, 5.41) is 5.86. The van der Waals surface area contributed by atoms with Crippen molar-refractivity contribution in [3.63, 3.8) is 0 Å². The van der Waals surface area contributed by atoms with Gasteiger partial charge in [0.1, 0.15) is 5.75 Å². The first kappa shape index (κ1) is 20.3. The zero-order valence-electron chi connectivity index (χ0n) is 15.9. The van der Waals surface area contributed by atoms with Crippen LogP contribution in [0, 0.1) is 0 Å². The summed E-state index contributed by atoms with van der Waals surface area (Å²) in [4.78, 5) is 12.0. The van der Waals surface area contributed by atoms with Crippen LogP contribution in [-0.4, -0.2) is 17.6 Å². The van der Waals surface area contributed by atoms with Gasteiger partial charge in [-0.25, -0.2) is 0 Å². The molecular formula is C24H22N2O2S. The topological polar surface area (TPSA) is 50.4 Å². The summed E-state index contributed by atoms with van der Waals surface area (Å²) in [6.07, 6.45) is 4.04. The molecule has 4 nitrogen and oxygen atoms in total. The second kappa shape index (κ2) is 10.8. The van der Waals surface area contributed by atoms with Crippen molar-refractivity contribution in [2.45, 2.75) is 6.42 Å². The van der Waals surface area contributed by atoms with E-state index in [1.165, 1.54) is 11.6 Å². The van der Waals surface area contributed by atoms with Crippen LogP contribution in [0.15, 0.2) is 91.0 Å². The number of thiocarbonyl (C=S) groups is 1. The molecule has 5 heteroatoms. The third-order valence-electron chi connectivity index (χ3n) is 4.08.